The lowest BCUT2D eigenvalue weighted by molar-refractivity contribution is -0.196. The molecule has 4 aliphatic heterocycles. The molecule has 14 heavy (non-hydrogen) atoms. The highest BCUT2D eigenvalue weighted by Gasteiger charge is 2.71. The Balaban J connectivity index is 1.88. The number of hydrogen-bond acceptors (Lipinski definition) is 4. The molecular formula is C10H18N4. The van der Waals surface area contributed by atoms with Crippen LogP contribution in [0.3, 0.4) is 0 Å². The van der Waals surface area contributed by atoms with Crippen LogP contribution in [-0.2, 0) is 0 Å². The Morgan fingerprint density at radius 3 is 2.57 bits per heavy atom. The zero-order valence-electron chi connectivity index (χ0n) is 9.14. The van der Waals surface area contributed by atoms with Gasteiger partial charge in [0.05, 0.1) is 37.9 Å². The standard InChI is InChI=1S/C10H18N4/c1-7-10(3)9-12-4-11(5-13(10)6-12)8(2)14(7)9/h7-9H,4-6H2,1-3H3. The van der Waals surface area contributed by atoms with E-state index in [9.17, 15) is 0 Å². The Bertz CT molecular complexity index is 304. The molecule has 0 radical (unpaired) electrons. The molecule has 7 unspecified atom stereocenters. The van der Waals surface area contributed by atoms with Gasteiger partial charge in [-0.15, -0.1) is 0 Å². The van der Waals surface area contributed by atoms with Crippen LogP contribution >= 0.6 is 0 Å². The van der Waals surface area contributed by atoms with Crippen molar-refractivity contribution in [1.82, 2.24) is 19.6 Å². The van der Waals surface area contributed by atoms with E-state index >= 15 is 0 Å². The summed E-state index contributed by atoms with van der Waals surface area (Å²) in [5.41, 5.74) is 0.430. The van der Waals surface area contributed by atoms with Crippen LogP contribution in [0, 0.1) is 0 Å². The molecule has 78 valence electrons. The largest absolute Gasteiger partial charge is 0.267 e. The summed E-state index contributed by atoms with van der Waals surface area (Å²) in [6.45, 7) is 10.7. The van der Waals surface area contributed by atoms with Crippen molar-refractivity contribution in [3.8, 4) is 0 Å². The van der Waals surface area contributed by atoms with Crippen LogP contribution < -0.4 is 0 Å². The molecule has 4 aliphatic rings. The summed E-state index contributed by atoms with van der Waals surface area (Å²) in [5.74, 6) is 0. The molecule has 4 saturated heterocycles. The van der Waals surface area contributed by atoms with Crippen molar-refractivity contribution in [3.05, 3.63) is 0 Å². The van der Waals surface area contributed by atoms with Crippen LogP contribution in [0.5, 0.6) is 0 Å². The van der Waals surface area contributed by atoms with Crippen molar-refractivity contribution in [2.45, 2.75) is 44.7 Å². The third-order valence-corrected chi connectivity index (χ3v) is 5.15. The zero-order valence-corrected chi connectivity index (χ0v) is 9.14. The molecular weight excluding hydrogens is 176 g/mol. The van der Waals surface area contributed by atoms with E-state index in [2.05, 4.69) is 40.4 Å². The maximum atomic E-state index is 2.68. The molecule has 0 aromatic heterocycles. The Morgan fingerprint density at radius 1 is 1.07 bits per heavy atom. The highest BCUT2D eigenvalue weighted by Crippen LogP contribution is 2.53. The first kappa shape index (κ1) is 8.05. The molecule has 0 spiro atoms. The minimum Gasteiger partial charge on any atom is -0.267 e. The zero-order chi connectivity index (χ0) is 9.66. The summed E-state index contributed by atoms with van der Waals surface area (Å²) in [4.78, 5) is 10.5. The average molecular weight is 194 g/mol. The van der Waals surface area contributed by atoms with Gasteiger partial charge in [0, 0.05) is 6.04 Å². The molecule has 4 rings (SSSR count). The lowest BCUT2D eigenvalue weighted by Gasteiger charge is -2.63. The topological polar surface area (TPSA) is 13.0 Å². The van der Waals surface area contributed by atoms with Crippen LogP contribution in [0.15, 0.2) is 0 Å². The molecule has 4 heteroatoms. The quantitative estimate of drug-likeness (QED) is 0.535. The first-order valence-corrected chi connectivity index (χ1v) is 5.64. The van der Waals surface area contributed by atoms with E-state index < -0.39 is 0 Å². The minimum atomic E-state index is 0.430. The van der Waals surface area contributed by atoms with Crippen LogP contribution in [0.2, 0.25) is 0 Å². The van der Waals surface area contributed by atoms with Gasteiger partial charge in [-0.1, -0.05) is 0 Å². The maximum Gasteiger partial charge on any atom is 0.0862 e. The average Bonchev–Trinajstić information content (AvgIpc) is 2.29. The normalized spacial score (nSPS) is 69.6. The van der Waals surface area contributed by atoms with Gasteiger partial charge >= 0.3 is 0 Å². The van der Waals surface area contributed by atoms with Gasteiger partial charge in [-0.25, -0.2) is 0 Å². The molecule has 3 bridgehead atoms. The highest BCUT2D eigenvalue weighted by atomic mass is 15.7. The summed E-state index contributed by atoms with van der Waals surface area (Å²) >= 11 is 0. The lowest BCUT2D eigenvalue weighted by atomic mass is 9.78. The molecule has 0 amide bonds. The number of rotatable bonds is 0. The SMILES string of the molecule is CC1N2CN3CN(C2)C2(C)C(C)N1C32. The molecule has 4 fully saturated rings. The number of nitrogens with zero attached hydrogens (tertiary/aromatic N) is 4. The smallest absolute Gasteiger partial charge is 0.0862 e. The summed E-state index contributed by atoms with van der Waals surface area (Å²) in [7, 11) is 0. The third kappa shape index (κ3) is 0.560. The number of hydrogen-bond donors (Lipinski definition) is 0. The molecule has 0 N–H and O–H groups in total. The van der Waals surface area contributed by atoms with Crippen LogP contribution in [0.1, 0.15) is 20.8 Å². The van der Waals surface area contributed by atoms with Gasteiger partial charge in [-0.2, -0.15) is 0 Å². The monoisotopic (exact) mass is 194 g/mol. The van der Waals surface area contributed by atoms with Crippen molar-refractivity contribution in [2.75, 3.05) is 20.0 Å². The Hall–Kier alpha value is -0.160. The first-order chi connectivity index (χ1) is 6.64. The highest BCUT2D eigenvalue weighted by molar-refractivity contribution is 5.22. The van der Waals surface area contributed by atoms with Gasteiger partial charge in [0.25, 0.3) is 0 Å². The van der Waals surface area contributed by atoms with Gasteiger partial charge in [0.1, 0.15) is 0 Å². The van der Waals surface area contributed by atoms with Gasteiger partial charge in [-0.05, 0) is 20.8 Å². The summed E-state index contributed by atoms with van der Waals surface area (Å²) in [5, 5.41) is 0. The van der Waals surface area contributed by atoms with E-state index in [-0.39, 0.29) is 0 Å². The molecule has 4 heterocycles. The molecule has 0 aliphatic carbocycles. The molecule has 0 aromatic carbocycles. The van der Waals surface area contributed by atoms with Crippen LogP contribution in [0.4, 0.5) is 0 Å². The van der Waals surface area contributed by atoms with Crippen LogP contribution in [-0.4, -0.2) is 63.5 Å². The van der Waals surface area contributed by atoms with E-state index in [1.165, 1.54) is 20.0 Å². The van der Waals surface area contributed by atoms with E-state index in [1.54, 1.807) is 0 Å². The fourth-order valence-electron chi connectivity index (χ4n) is 4.15. The van der Waals surface area contributed by atoms with E-state index in [0.29, 0.717) is 17.9 Å². The van der Waals surface area contributed by atoms with E-state index in [0.717, 1.165) is 6.04 Å². The second-order valence-corrected chi connectivity index (χ2v) is 5.50. The Kier molecular flexibility index (Phi) is 1.16. The summed E-state index contributed by atoms with van der Waals surface area (Å²) < 4.78 is 0. The van der Waals surface area contributed by atoms with Crippen molar-refractivity contribution < 1.29 is 0 Å². The fourth-order valence-corrected chi connectivity index (χ4v) is 4.15. The van der Waals surface area contributed by atoms with Gasteiger partial charge in [0.2, 0.25) is 0 Å². The van der Waals surface area contributed by atoms with E-state index in [1.807, 2.05) is 0 Å². The van der Waals surface area contributed by atoms with Crippen molar-refractivity contribution >= 4 is 0 Å². The summed E-state index contributed by atoms with van der Waals surface area (Å²) in [6.07, 6.45) is 1.34. The van der Waals surface area contributed by atoms with Crippen molar-refractivity contribution in [2.24, 2.45) is 0 Å². The van der Waals surface area contributed by atoms with Gasteiger partial charge in [-0.3, -0.25) is 19.6 Å². The molecule has 7 atom stereocenters. The fraction of sp³-hybridized carbons (Fsp3) is 1.00. The molecule has 4 nitrogen and oxygen atoms in total. The predicted octanol–water partition coefficient (Wildman–Crippen LogP) is -0.0594. The lowest BCUT2D eigenvalue weighted by Crippen LogP contribution is -2.80. The Morgan fingerprint density at radius 2 is 1.79 bits per heavy atom. The predicted molar refractivity (Wildman–Crippen MR) is 53.1 cm³/mol. The second-order valence-electron chi connectivity index (χ2n) is 5.50. The van der Waals surface area contributed by atoms with Crippen LogP contribution in [0.25, 0.3) is 0 Å². The minimum absolute atomic E-state index is 0.430. The Labute approximate surface area is 85.0 Å². The van der Waals surface area contributed by atoms with Gasteiger partial charge < -0.3 is 0 Å². The molecule has 0 saturated carbocycles. The number of fused-ring (bicyclic) bond motifs is 3. The van der Waals surface area contributed by atoms with E-state index in [4.69, 9.17) is 0 Å². The van der Waals surface area contributed by atoms with Crippen molar-refractivity contribution in [1.29, 1.82) is 0 Å². The maximum absolute atomic E-state index is 2.68. The third-order valence-electron chi connectivity index (χ3n) is 5.15. The van der Waals surface area contributed by atoms with Crippen molar-refractivity contribution in [3.63, 3.8) is 0 Å². The molecule has 0 aromatic rings. The van der Waals surface area contributed by atoms with Gasteiger partial charge in [0.15, 0.2) is 0 Å². The second kappa shape index (κ2) is 2.02. The first-order valence-electron chi connectivity index (χ1n) is 5.64. The summed E-state index contributed by atoms with van der Waals surface area (Å²) in [6, 6.07) is 0.720.